The molecule has 1 saturated heterocycles. The molecular formula is C13H18N2O4. The number of para-hydroxylation sites is 2. The van der Waals surface area contributed by atoms with Crippen molar-refractivity contribution in [3.05, 3.63) is 34.4 Å². The van der Waals surface area contributed by atoms with Gasteiger partial charge in [-0.05, 0) is 18.9 Å². The van der Waals surface area contributed by atoms with E-state index in [1.807, 2.05) is 0 Å². The zero-order valence-corrected chi connectivity index (χ0v) is 10.7. The SMILES string of the molecule is O=[N+]([O-])c1ccccc1OCCN1CCC(O)CC1. The van der Waals surface area contributed by atoms with Gasteiger partial charge in [0.15, 0.2) is 5.75 Å². The Morgan fingerprint density at radius 1 is 1.37 bits per heavy atom. The largest absolute Gasteiger partial charge is 0.485 e. The van der Waals surface area contributed by atoms with Crippen LogP contribution in [0.1, 0.15) is 12.8 Å². The molecule has 0 radical (unpaired) electrons. The molecular weight excluding hydrogens is 248 g/mol. The summed E-state index contributed by atoms with van der Waals surface area (Å²) in [4.78, 5) is 12.6. The van der Waals surface area contributed by atoms with Gasteiger partial charge in [-0.2, -0.15) is 0 Å². The molecule has 6 heteroatoms. The lowest BCUT2D eigenvalue weighted by molar-refractivity contribution is -0.385. The van der Waals surface area contributed by atoms with Gasteiger partial charge in [-0.1, -0.05) is 12.1 Å². The Hall–Kier alpha value is -1.66. The Labute approximate surface area is 111 Å². The highest BCUT2D eigenvalue weighted by molar-refractivity contribution is 5.45. The smallest absolute Gasteiger partial charge is 0.310 e. The van der Waals surface area contributed by atoms with Gasteiger partial charge in [0.25, 0.3) is 0 Å². The van der Waals surface area contributed by atoms with Crippen molar-refractivity contribution in [1.29, 1.82) is 0 Å². The molecule has 1 aliphatic rings. The Balaban J connectivity index is 1.81. The molecule has 19 heavy (non-hydrogen) atoms. The first-order chi connectivity index (χ1) is 9.16. The number of likely N-dealkylation sites (tertiary alicyclic amines) is 1. The summed E-state index contributed by atoms with van der Waals surface area (Å²) in [6, 6.07) is 6.39. The zero-order valence-electron chi connectivity index (χ0n) is 10.7. The summed E-state index contributed by atoms with van der Waals surface area (Å²) in [6.45, 7) is 2.84. The molecule has 0 aliphatic carbocycles. The van der Waals surface area contributed by atoms with Crippen LogP contribution in [0.5, 0.6) is 5.75 Å². The third-order valence-corrected chi connectivity index (χ3v) is 3.28. The topological polar surface area (TPSA) is 75.8 Å². The van der Waals surface area contributed by atoms with E-state index in [4.69, 9.17) is 4.74 Å². The molecule has 1 N–H and O–H groups in total. The number of benzene rings is 1. The van der Waals surface area contributed by atoms with Crippen molar-refractivity contribution in [1.82, 2.24) is 4.90 Å². The minimum absolute atomic E-state index is 0.00318. The van der Waals surface area contributed by atoms with Crippen LogP contribution < -0.4 is 4.74 Å². The lowest BCUT2D eigenvalue weighted by atomic mass is 10.1. The third-order valence-electron chi connectivity index (χ3n) is 3.28. The minimum atomic E-state index is -0.438. The van der Waals surface area contributed by atoms with Crippen molar-refractivity contribution in [2.45, 2.75) is 18.9 Å². The van der Waals surface area contributed by atoms with E-state index in [0.29, 0.717) is 12.4 Å². The molecule has 1 fully saturated rings. The number of nitro groups is 1. The summed E-state index contributed by atoms with van der Waals surface area (Å²) in [5.74, 6) is 0.310. The van der Waals surface area contributed by atoms with Gasteiger partial charge in [0.2, 0.25) is 0 Å². The second-order valence-corrected chi connectivity index (χ2v) is 4.65. The highest BCUT2D eigenvalue weighted by Gasteiger charge is 2.17. The number of hydrogen-bond donors (Lipinski definition) is 1. The molecule has 1 heterocycles. The van der Waals surface area contributed by atoms with E-state index in [-0.39, 0.29) is 11.8 Å². The maximum absolute atomic E-state index is 10.8. The highest BCUT2D eigenvalue weighted by Crippen LogP contribution is 2.25. The summed E-state index contributed by atoms with van der Waals surface area (Å²) in [6.07, 6.45) is 1.38. The minimum Gasteiger partial charge on any atom is -0.485 e. The molecule has 0 aromatic heterocycles. The number of hydrogen-bond acceptors (Lipinski definition) is 5. The van der Waals surface area contributed by atoms with Crippen LogP contribution in [0.15, 0.2) is 24.3 Å². The van der Waals surface area contributed by atoms with E-state index < -0.39 is 4.92 Å². The van der Waals surface area contributed by atoms with Gasteiger partial charge in [0.05, 0.1) is 11.0 Å². The van der Waals surface area contributed by atoms with E-state index in [9.17, 15) is 15.2 Å². The first-order valence-electron chi connectivity index (χ1n) is 6.43. The van der Waals surface area contributed by atoms with Crippen molar-refractivity contribution in [2.24, 2.45) is 0 Å². The molecule has 0 amide bonds. The molecule has 1 aromatic rings. The maximum atomic E-state index is 10.8. The second-order valence-electron chi connectivity index (χ2n) is 4.65. The number of aliphatic hydroxyl groups excluding tert-OH is 1. The Kier molecular flexibility index (Phi) is 4.70. The van der Waals surface area contributed by atoms with Gasteiger partial charge in [-0.3, -0.25) is 15.0 Å². The van der Waals surface area contributed by atoms with Crippen LogP contribution >= 0.6 is 0 Å². The Morgan fingerprint density at radius 3 is 2.74 bits per heavy atom. The van der Waals surface area contributed by atoms with Crippen LogP contribution in [0, 0.1) is 10.1 Å². The maximum Gasteiger partial charge on any atom is 0.310 e. The van der Waals surface area contributed by atoms with Crippen LogP contribution in [0.3, 0.4) is 0 Å². The predicted molar refractivity (Wildman–Crippen MR) is 70.3 cm³/mol. The molecule has 0 spiro atoms. The Morgan fingerprint density at radius 2 is 2.05 bits per heavy atom. The van der Waals surface area contributed by atoms with Crippen LogP contribution in [0.2, 0.25) is 0 Å². The molecule has 0 atom stereocenters. The predicted octanol–water partition coefficient (Wildman–Crippen LogP) is 1.43. The highest BCUT2D eigenvalue weighted by atomic mass is 16.6. The summed E-state index contributed by atoms with van der Waals surface area (Å²) in [5.41, 5.74) is -0.00318. The average Bonchev–Trinajstić information content (AvgIpc) is 2.41. The van der Waals surface area contributed by atoms with Gasteiger partial charge >= 0.3 is 5.69 Å². The zero-order chi connectivity index (χ0) is 13.7. The fourth-order valence-electron chi connectivity index (χ4n) is 2.16. The summed E-state index contributed by atoms with van der Waals surface area (Å²) in [5, 5.41) is 20.2. The van der Waals surface area contributed by atoms with Crippen LogP contribution in [0.25, 0.3) is 0 Å². The molecule has 1 aliphatic heterocycles. The number of nitro benzene ring substituents is 1. The second kappa shape index (κ2) is 6.49. The van der Waals surface area contributed by atoms with Crippen LogP contribution in [-0.2, 0) is 0 Å². The fraction of sp³-hybridized carbons (Fsp3) is 0.538. The molecule has 1 aromatic carbocycles. The van der Waals surface area contributed by atoms with E-state index in [2.05, 4.69) is 4.90 Å². The van der Waals surface area contributed by atoms with E-state index >= 15 is 0 Å². The van der Waals surface area contributed by atoms with Crippen molar-refractivity contribution >= 4 is 5.69 Å². The first kappa shape index (κ1) is 13.8. The lowest BCUT2D eigenvalue weighted by Crippen LogP contribution is -2.38. The lowest BCUT2D eigenvalue weighted by Gasteiger charge is -2.29. The quantitative estimate of drug-likeness (QED) is 0.644. The third kappa shape index (κ3) is 3.90. The van der Waals surface area contributed by atoms with Gasteiger partial charge in [-0.25, -0.2) is 0 Å². The molecule has 0 unspecified atom stereocenters. The Bertz CT molecular complexity index is 430. The van der Waals surface area contributed by atoms with Gasteiger partial charge < -0.3 is 9.84 Å². The molecule has 6 nitrogen and oxygen atoms in total. The molecule has 0 saturated carbocycles. The first-order valence-corrected chi connectivity index (χ1v) is 6.43. The molecule has 2 rings (SSSR count). The number of rotatable bonds is 5. The standard InChI is InChI=1S/C13H18N2O4/c16-11-5-7-14(8-6-11)9-10-19-13-4-2-1-3-12(13)15(17)18/h1-4,11,16H,5-10H2. The average molecular weight is 266 g/mol. The number of ether oxygens (including phenoxy) is 1. The van der Waals surface area contributed by atoms with Gasteiger partial charge in [0.1, 0.15) is 6.61 Å². The van der Waals surface area contributed by atoms with Gasteiger partial charge in [0, 0.05) is 25.7 Å². The summed E-state index contributed by atoms with van der Waals surface area (Å²) >= 11 is 0. The number of aliphatic hydroxyl groups is 1. The molecule has 0 bridgehead atoms. The normalized spacial score (nSPS) is 17.3. The van der Waals surface area contributed by atoms with E-state index in [0.717, 1.165) is 32.5 Å². The van der Waals surface area contributed by atoms with Crippen LogP contribution in [-0.4, -0.2) is 47.3 Å². The van der Waals surface area contributed by atoms with Crippen molar-refractivity contribution < 1.29 is 14.8 Å². The van der Waals surface area contributed by atoms with Crippen molar-refractivity contribution in [2.75, 3.05) is 26.2 Å². The van der Waals surface area contributed by atoms with E-state index in [1.54, 1.807) is 18.2 Å². The number of piperidine rings is 1. The molecule has 104 valence electrons. The monoisotopic (exact) mass is 266 g/mol. The van der Waals surface area contributed by atoms with E-state index in [1.165, 1.54) is 6.07 Å². The van der Waals surface area contributed by atoms with Crippen LogP contribution in [0.4, 0.5) is 5.69 Å². The summed E-state index contributed by atoms with van der Waals surface area (Å²) < 4.78 is 5.48. The summed E-state index contributed by atoms with van der Waals surface area (Å²) in [7, 11) is 0. The fourth-order valence-corrected chi connectivity index (χ4v) is 2.16. The number of nitrogens with zero attached hydrogens (tertiary/aromatic N) is 2. The van der Waals surface area contributed by atoms with Crippen molar-refractivity contribution in [3.8, 4) is 5.75 Å². The van der Waals surface area contributed by atoms with Gasteiger partial charge in [-0.15, -0.1) is 0 Å². The van der Waals surface area contributed by atoms with Crippen molar-refractivity contribution in [3.63, 3.8) is 0 Å².